The van der Waals surface area contributed by atoms with Gasteiger partial charge in [0.25, 0.3) is 0 Å². The normalized spacial score (nSPS) is 13.5. The lowest BCUT2D eigenvalue weighted by atomic mass is 10.1. The molecule has 468 valence electrons. The summed E-state index contributed by atoms with van der Waals surface area (Å²) >= 11 is 20.5. The second kappa shape index (κ2) is 28.5. The third kappa shape index (κ3) is 13.9. The average molecular weight is 1300 g/mol. The Kier molecular flexibility index (Phi) is 19.3. The first-order valence-electron chi connectivity index (χ1n) is 30.3. The van der Waals surface area contributed by atoms with Crippen molar-refractivity contribution in [2.45, 2.75) is 33.0 Å². The van der Waals surface area contributed by atoms with Crippen LogP contribution in [0.2, 0.25) is 15.1 Å². The van der Waals surface area contributed by atoms with E-state index in [4.69, 9.17) is 50.7 Å². The number of nitrogens with two attached hydrogens (primary N) is 1. The van der Waals surface area contributed by atoms with Gasteiger partial charge in [-0.25, -0.2) is 14.0 Å². The van der Waals surface area contributed by atoms with E-state index >= 15 is 0 Å². The molecule has 12 aromatic rings. The zero-order valence-corrected chi connectivity index (χ0v) is 53.4. The van der Waals surface area contributed by atoms with Crippen LogP contribution in [0.5, 0.6) is 0 Å². The number of hydrogen-bond donors (Lipinski definition) is 1. The fourth-order valence-electron chi connectivity index (χ4n) is 11.4. The number of rotatable bonds is 13. The van der Waals surface area contributed by atoms with Gasteiger partial charge in [-0.05, 0) is 26.9 Å². The molecule has 6 aromatic heterocycles. The lowest BCUT2D eigenvalue weighted by Crippen LogP contribution is -2.48. The van der Waals surface area contributed by atoms with Crippen molar-refractivity contribution in [3.63, 3.8) is 0 Å². The number of amides is 3. The molecule has 0 unspecified atom stereocenters. The largest absolute Gasteiger partial charge is 0.372 e. The molecule has 0 radical (unpaired) electrons. The number of fused-ring (bicyclic) bond motifs is 3. The lowest BCUT2D eigenvalue weighted by molar-refractivity contribution is -0.133. The van der Waals surface area contributed by atoms with Crippen LogP contribution < -0.4 is 5.73 Å². The molecule has 93 heavy (non-hydrogen) atoms. The van der Waals surface area contributed by atoms with E-state index < -0.39 is 5.91 Å². The minimum absolute atomic E-state index is 0.00423. The van der Waals surface area contributed by atoms with Gasteiger partial charge in [-0.1, -0.05) is 223 Å². The Morgan fingerprint density at radius 1 is 0.387 bits per heavy atom. The summed E-state index contributed by atoms with van der Waals surface area (Å²) in [5, 5.41) is 43.9. The van der Waals surface area contributed by atoms with Gasteiger partial charge in [0.05, 0.1) is 31.2 Å². The van der Waals surface area contributed by atoms with E-state index in [0.717, 1.165) is 78.2 Å². The Balaban J connectivity index is 0.000000135. The van der Waals surface area contributed by atoms with Crippen molar-refractivity contribution >= 4 is 85.6 Å². The molecule has 23 heteroatoms. The number of carbonyl (C=O) groups is 3. The van der Waals surface area contributed by atoms with Crippen LogP contribution in [0.25, 0.3) is 101 Å². The lowest BCUT2D eigenvalue weighted by Gasteiger charge is -2.36. The molecule has 3 amide bonds. The molecule has 2 N–H and O–H groups in total. The maximum Gasteiger partial charge on any atom is 0.244 e. The van der Waals surface area contributed by atoms with Crippen LogP contribution in [0.15, 0.2) is 194 Å². The van der Waals surface area contributed by atoms with Crippen molar-refractivity contribution < 1.29 is 14.4 Å². The minimum atomic E-state index is -0.515. The van der Waals surface area contributed by atoms with Gasteiger partial charge < -0.3 is 25.3 Å². The summed E-state index contributed by atoms with van der Waals surface area (Å²) in [6.45, 7) is 12.3. The smallest absolute Gasteiger partial charge is 0.244 e. The molecule has 0 bridgehead atoms. The number of likely N-dealkylation sites (N-methyl/N-ethyl adjacent to an activating group) is 1. The summed E-state index contributed by atoms with van der Waals surface area (Å²) in [7, 11) is 2.09. The summed E-state index contributed by atoms with van der Waals surface area (Å²) in [6, 6.07) is 58.3. The quantitative estimate of drug-likeness (QED) is 0.113. The van der Waals surface area contributed by atoms with Crippen molar-refractivity contribution in [3.05, 3.63) is 209 Å². The number of benzene rings is 6. The second-order valence-electron chi connectivity index (χ2n) is 22.5. The predicted octanol–water partition coefficient (Wildman–Crippen LogP) is 11.8. The number of piperazine rings is 1. The highest BCUT2D eigenvalue weighted by Crippen LogP contribution is 2.40. The van der Waals surface area contributed by atoms with Gasteiger partial charge in [0.15, 0.2) is 16.9 Å². The number of aromatic nitrogens is 12. The predicted molar refractivity (Wildman–Crippen MR) is 364 cm³/mol. The van der Waals surface area contributed by atoms with Crippen LogP contribution in [0.4, 0.5) is 0 Å². The summed E-state index contributed by atoms with van der Waals surface area (Å²) in [5.74, 6) is -0.492. The van der Waals surface area contributed by atoms with E-state index in [2.05, 4.69) is 59.1 Å². The third-order valence-electron chi connectivity index (χ3n) is 16.2. The van der Waals surface area contributed by atoms with Crippen LogP contribution in [0.3, 0.4) is 0 Å². The molecule has 6 aromatic carbocycles. The fraction of sp³-hybridized carbons (Fsp3) is 0.200. The molecule has 2 aliphatic heterocycles. The van der Waals surface area contributed by atoms with E-state index in [1.165, 1.54) is 4.68 Å². The molecule has 0 atom stereocenters. The highest BCUT2D eigenvalue weighted by molar-refractivity contribution is 6.40. The van der Waals surface area contributed by atoms with Gasteiger partial charge >= 0.3 is 0 Å². The van der Waals surface area contributed by atoms with Crippen LogP contribution >= 0.6 is 34.8 Å². The summed E-state index contributed by atoms with van der Waals surface area (Å²) in [6.07, 6.45) is 0.962. The highest BCUT2D eigenvalue weighted by Gasteiger charge is 2.28. The average Bonchev–Trinajstić information content (AvgIpc) is 1.67. The van der Waals surface area contributed by atoms with Crippen molar-refractivity contribution in [2.24, 2.45) is 5.73 Å². The topological polar surface area (TPSA) is 221 Å². The molecule has 0 aliphatic carbocycles. The fourth-order valence-corrected chi connectivity index (χ4v) is 12.3. The van der Waals surface area contributed by atoms with Crippen LogP contribution in [-0.4, -0.2) is 157 Å². The Hall–Kier alpha value is -10.3. The maximum atomic E-state index is 13.2. The Morgan fingerprint density at radius 2 is 0.667 bits per heavy atom. The Labute approximate surface area is 551 Å². The zero-order valence-electron chi connectivity index (χ0n) is 51.1. The molecule has 0 saturated carbocycles. The van der Waals surface area contributed by atoms with Gasteiger partial charge in [0.1, 0.15) is 53.8 Å². The highest BCUT2D eigenvalue weighted by atomic mass is 35.5. The van der Waals surface area contributed by atoms with Crippen LogP contribution in [0, 0.1) is 0 Å². The Morgan fingerprint density at radius 3 is 0.978 bits per heavy atom. The summed E-state index contributed by atoms with van der Waals surface area (Å²) in [4.78, 5) is 45.9. The van der Waals surface area contributed by atoms with E-state index in [1.54, 1.807) is 9.36 Å². The van der Waals surface area contributed by atoms with Crippen LogP contribution in [0.1, 0.15) is 13.3 Å². The van der Waals surface area contributed by atoms with Gasteiger partial charge in [-0.3, -0.25) is 14.4 Å². The van der Waals surface area contributed by atoms with Crippen molar-refractivity contribution in [1.82, 2.24) is 79.5 Å². The Bertz CT molecular complexity index is 4650. The first-order valence-corrected chi connectivity index (χ1v) is 31.5. The number of nitrogens with zero attached hydrogens (tertiary/aromatic N) is 16. The summed E-state index contributed by atoms with van der Waals surface area (Å²) < 4.78 is 4.70. The standard InChI is InChI=1S/C26H25ClN6O.C25H25ClN6O.C19H14ClN5O/c1-18(2)31-13-15-32(16-14-31)21(34)17-33-26-22(24(30-33)19-9-5-3-6-10-19)23(27)25(28-29-26)20-11-7-4-8-12-20;1-30-13-8-14-31(16-15-30)20(33)17-32-25-21(23(29-32)18-9-4-2-5-10-18)22(26)24(27-28-25)19-11-6-3-7-12-19;20-16-15-17(12-7-3-1-4-8-12)24-25(11-14(21)26)19(15)23-22-18(16)13-9-5-2-6-10-13/h3-12H,1,13-17H2,2H3;2-7,9-12H,8,13-17H2,1H3;1-10H,11H2,(H2,21,26). The van der Waals surface area contributed by atoms with Gasteiger partial charge in [-0.2, -0.15) is 15.3 Å². The number of halogens is 3. The van der Waals surface area contributed by atoms with Gasteiger partial charge in [-0.15, -0.1) is 30.6 Å². The van der Waals surface area contributed by atoms with Gasteiger partial charge in [0.2, 0.25) is 17.7 Å². The molecule has 20 nitrogen and oxygen atoms in total. The van der Waals surface area contributed by atoms with E-state index in [0.29, 0.717) is 102 Å². The first kappa shape index (κ1) is 62.9. The SMILES string of the molecule is C=C(C)N1CCN(C(=O)Cn2nc(-c3ccccc3)c3c(Cl)c(-c4ccccc4)nnc32)CC1.CN1CCCN(C(=O)Cn2nc(-c3ccccc3)c3c(Cl)c(-c4ccccc4)nnc32)CC1.NC(=O)Cn1nc(-c2ccccc2)c2c(Cl)c(-c3ccccc3)nnc21. The number of carbonyl (C=O) groups excluding carboxylic acids is 3. The van der Waals surface area contributed by atoms with E-state index in [9.17, 15) is 14.4 Å². The van der Waals surface area contributed by atoms with Crippen molar-refractivity contribution in [3.8, 4) is 67.5 Å². The van der Waals surface area contributed by atoms with Crippen molar-refractivity contribution in [2.75, 3.05) is 59.4 Å². The van der Waals surface area contributed by atoms with Crippen LogP contribution in [-0.2, 0) is 34.0 Å². The van der Waals surface area contributed by atoms with E-state index in [-0.39, 0.29) is 31.4 Å². The molecule has 2 saturated heterocycles. The second-order valence-corrected chi connectivity index (χ2v) is 23.6. The van der Waals surface area contributed by atoms with E-state index in [1.807, 2.05) is 199 Å². The molecule has 0 spiro atoms. The number of hydrogen-bond acceptors (Lipinski definition) is 14. The summed E-state index contributed by atoms with van der Waals surface area (Å²) in [5.41, 5.74) is 16.9. The minimum Gasteiger partial charge on any atom is -0.372 e. The molecule has 2 aliphatic rings. The molecular formula is C70H64Cl3N17O3. The number of primary amides is 1. The first-order chi connectivity index (χ1) is 45.3. The molecule has 14 rings (SSSR count). The third-order valence-corrected chi connectivity index (χ3v) is 17.3. The molecule has 2 fully saturated rings. The number of allylic oxidation sites excluding steroid dienone is 1. The molecule has 8 heterocycles. The zero-order chi connectivity index (χ0) is 64.5. The maximum absolute atomic E-state index is 13.2. The van der Waals surface area contributed by atoms with Crippen molar-refractivity contribution in [1.29, 1.82) is 0 Å². The molecular weight excluding hydrogens is 1230 g/mol. The van der Waals surface area contributed by atoms with Gasteiger partial charge in [0, 0.05) is 84.9 Å². The monoisotopic (exact) mass is 1300 g/mol.